The predicted molar refractivity (Wildman–Crippen MR) is 107 cm³/mol. The van der Waals surface area contributed by atoms with Crippen molar-refractivity contribution in [1.29, 1.82) is 0 Å². The largest absolute Gasteiger partial charge is 0.455 e. The molecular weight excluding hydrogens is 398 g/mol. The molecule has 0 saturated heterocycles. The number of ether oxygens (including phenoxy) is 1. The van der Waals surface area contributed by atoms with Crippen molar-refractivity contribution in [2.75, 3.05) is 5.32 Å². The van der Waals surface area contributed by atoms with Crippen LogP contribution in [0.1, 0.15) is 24.4 Å². The van der Waals surface area contributed by atoms with E-state index >= 15 is 0 Å². The van der Waals surface area contributed by atoms with Crippen molar-refractivity contribution in [3.05, 3.63) is 69.3 Å². The number of nitrogens with zero attached hydrogens (tertiary/aromatic N) is 4. The molecule has 1 N–H and O–H groups in total. The van der Waals surface area contributed by atoms with Crippen molar-refractivity contribution in [3.8, 4) is 11.5 Å². The van der Waals surface area contributed by atoms with Gasteiger partial charge >= 0.3 is 0 Å². The molecule has 3 rings (SSSR count). The second-order valence-corrected chi connectivity index (χ2v) is 6.74. The Balaban J connectivity index is 1.86. The van der Waals surface area contributed by atoms with Crippen molar-refractivity contribution in [3.63, 3.8) is 0 Å². The zero-order valence-electron chi connectivity index (χ0n) is 15.9. The van der Waals surface area contributed by atoms with Crippen molar-refractivity contribution < 1.29 is 14.5 Å². The van der Waals surface area contributed by atoms with E-state index in [0.717, 1.165) is 0 Å². The number of hydrogen-bond donors (Lipinski definition) is 1. The summed E-state index contributed by atoms with van der Waals surface area (Å²) in [6, 6.07) is 6.69. The Hall–Kier alpha value is -3.46. The van der Waals surface area contributed by atoms with Gasteiger partial charge in [-0.2, -0.15) is 5.10 Å². The van der Waals surface area contributed by atoms with Crippen LogP contribution < -0.4 is 10.1 Å². The minimum atomic E-state index is -0.678. The summed E-state index contributed by atoms with van der Waals surface area (Å²) in [6.07, 6.45) is 3.06. The summed E-state index contributed by atoms with van der Waals surface area (Å²) < 4.78 is 7.13. The van der Waals surface area contributed by atoms with Gasteiger partial charge in [0.1, 0.15) is 17.5 Å². The van der Waals surface area contributed by atoms with Gasteiger partial charge in [-0.05, 0) is 32.9 Å². The first-order chi connectivity index (χ1) is 13.8. The fourth-order valence-electron chi connectivity index (χ4n) is 2.74. The van der Waals surface area contributed by atoms with Gasteiger partial charge in [-0.15, -0.1) is 0 Å². The number of aromatic nitrogens is 3. The zero-order chi connectivity index (χ0) is 21.1. The lowest BCUT2D eigenvalue weighted by molar-refractivity contribution is -0.384. The highest BCUT2D eigenvalue weighted by Crippen LogP contribution is 2.30. The first-order valence-electron chi connectivity index (χ1n) is 8.65. The number of nitro groups is 1. The molecule has 1 atom stereocenters. The Kier molecular flexibility index (Phi) is 5.79. The summed E-state index contributed by atoms with van der Waals surface area (Å²) in [6.45, 7) is 5.17. The molecule has 0 radical (unpaired) electrons. The second-order valence-electron chi connectivity index (χ2n) is 6.36. The molecule has 0 fully saturated rings. The number of pyridine rings is 1. The second kappa shape index (κ2) is 8.27. The molecule has 29 heavy (non-hydrogen) atoms. The highest BCUT2D eigenvalue weighted by molar-refractivity contribution is 6.31. The van der Waals surface area contributed by atoms with E-state index in [1.165, 1.54) is 29.1 Å². The van der Waals surface area contributed by atoms with E-state index in [0.29, 0.717) is 22.2 Å². The third-order valence-electron chi connectivity index (χ3n) is 4.22. The average Bonchev–Trinajstić information content (AvgIpc) is 2.95. The van der Waals surface area contributed by atoms with Crippen LogP contribution in [0.25, 0.3) is 0 Å². The van der Waals surface area contributed by atoms with Crippen molar-refractivity contribution in [2.24, 2.45) is 0 Å². The smallest absolute Gasteiger partial charge is 0.275 e. The molecule has 2 heterocycles. The maximum atomic E-state index is 12.7. The van der Waals surface area contributed by atoms with Crippen molar-refractivity contribution in [2.45, 2.75) is 26.8 Å². The molecule has 2 aromatic heterocycles. The van der Waals surface area contributed by atoms with Crippen LogP contribution in [0.5, 0.6) is 11.5 Å². The predicted octanol–water partition coefficient (Wildman–Crippen LogP) is 4.45. The van der Waals surface area contributed by atoms with E-state index < -0.39 is 16.9 Å². The molecule has 0 saturated carbocycles. The fourth-order valence-corrected chi connectivity index (χ4v) is 2.87. The van der Waals surface area contributed by atoms with Crippen LogP contribution in [0.2, 0.25) is 5.02 Å². The maximum absolute atomic E-state index is 12.7. The van der Waals surface area contributed by atoms with Gasteiger partial charge in [0.2, 0.25) is 5.91 Å². The van der Waals surface area contributed by atoms with Gasteiger partial charge in [-0.3, -0.25) is 24.6 Å². The quantitative estimate of drug-likeness (QED) is 0.470. The summed E-state index contributed by atoms with van der Waals surface area (Å²) in [4.78, 5) is 27.4. The third-order valence-corrected chi connectivity index (χ3v) is 4.77. The van der Waals surface area contributed by atoms with Crippen LogP contribution in [-0.2, 0) is 4.79 Å². The standard InChI is InChI=1S/C19H18ClN5O4/c1-11-18(20)12(2)24(23-11)13(3)19(26)22-14-7-15(25(27)28)9-17(8-14)29-16-5-4-6-21-10-16/h4-10,13H,1-3H3,(H,22,26). The van der Waals surface area contributed by atoms with Gasteiger partial charge in [0.05, 0.1) is 39.3 Å². The summed E-state index contributed by atoms with van der Waals surface area (Å²) in [5.74, 6) is 0.209. The number of nitrogens with one attached hydrogen (secondary N) is 1. The number of anilines is 1. The lowest BCUT2D eigenvalue weighted by Crippen LogP contribution is -2.25. The van der Waals surface area contributed by atoms with E-state index in [1.807, 2.05) is 0 Å². The van der Waals surface area contributed by atoms with Crippen LogP contribution in [0.3, 0.4) is 0 Å². The Labute approximate surface area is 171 Å². The maximum Gasteiger partial charge on any atom is 0.275 e. The van der Waals surface area contributed by atoms with Crippen LogP contribution >= 0.6 is 11.6 Å². The molecule has 3 aromatic rings. The number of hydrogen-bond acceptors (Lipinski definition) is 6. The van der Waals surface area contributed by atoms with Gasteiger partial charge in [-0.1, -0.05) is 11.6 Å². The summed E-state index contributed by atoms with van der Waals surface area (Å²) >= 11 is 6.15. The van der Waals surface area contributed by atoms with E-state index in [1.54, 1.807) is 39.1 Å². The molecule has 0 spiro atoms. The Morgan fingerprint density at radius 3 is 2.66 bits per heavy atom. The SMILES string of the molecule is Cc1nn(C(C)C(=O)Nc2cc(Oc3cccnc3)cc([N+](=O)[O-])c2)c(C)c1Cl. The summed E-state index contributed by atoms with van der Waals surface area (Å²) in [5.41, 5.74) is 1.28. The number of carbonyl (C=O) groups is 1. The number of carbonyl (C=O) groups excluding carboxylic acids is 1. The lowest BCUT2D eigenvalue weighted by Gasteiger charge is -2.15. The van der Waals surface area contributed by atoms with Gasteiger partial charge in [0.15, 0.2) is 0 Å². The van der Waals surface area contributed by atoms with E-state index in [4.69, 9.17) is 16.3 Å². The monoisotopic (exact) mass is 415 g/mol. The van der Waals surface area contributed by atoms with Crippen LogP contribution in [-0.4, -0.2) is 25.6 Å². The molecule has 0 aliphatic heterocycles. The number of amides is 1. The zero-order valence-corrected chi connectivity index (χ0v) is 16.7. The fraction of sp³-hybridized carbons (Fsp3) is 0.211. The number of nitro benzene ring substituents is 1. The van der Waals surface area contributed by atoms with Crippen molar-refractivity contribution >= 4 is 28.9 Å². The number of benzene rings is 1. The Morgan fingerprint density at radius 1 is 1.31 bits per heavy atom. The van der Waals surface area contributed by atoms with E-state index in [-0.39, 0.29) is 17.1 Å². The molecule has 1 amide bonds. The van der Waals surface area contributed by atoms with Gasteiger partial charge in [0, 0.05) is 18.3 Å². The molecule has 10 heteroatoms. The minimum Gasteiger partial charge on any atom is -0.455 e. The number of rotatable bonds is 6. The molecule has 0 bridgehead atoms. The van der Waals surface area contributed by atoms with Crippen LogP contribution in [0.4, 0.5) is 11.4 Å². The highest BCUT2D eigenvalue weighted by atomic mass is 35.5. The minimum absolute atomic E-state index is 0.198. The highest BCUT2D eigenvalue weighted by Gasteiger charge is 2.22. The molecule has 9 nitrogen and oxygen atoms in total. The molecule has 0 aliphatic rings. The molecule has 0 aliphatic carbocycles. The first kappa shape index (κ1) is 20.3. The topological polar surface area (TPSA) is 112 Å². The summed E-state index contributed by atoms with van der Waals surface area (Å²) in [7, 11) is 0. The van der Waals surface area contributed by atoms with Gasteiger partial charge in [0.25, 0.3) is 5.69 Å². The van der Waals surface area contributed by atoms with Gasteiger partial charge in [-0.25, -0.2) is 0 Å². The van der Waals surface area contributed by atoms with Crippen LogP contribution in [0, 0.1) is 24.0 Å². The number of non-ortho nitro benzene ring substituents is 1. The molecular formula is C19H18ClN5O4. The van der Waals surface area contributed by atoms with Crippen molar-refractivity contribution in [1.82, 2.24) is 14.8 Å². The average molecular weight is 416 g/mol. The van der Waals surface area contributed by atoms with Crippen LogP contribution in [0.15, 0.2) is 42.7 Å². The third kappa shape index (κ3) is 4.52. The molecule has 150 valence electrons. The number of halogens is 1. The summed E-state index contributed by atoms with van der Waals surface area (Å²) in [5, 5.41) is 18.7. The molecule has 1 unspecified atom stereocenters. The number of aryl methyl sites for hydroxylation is 1. The lowest BCUT2D eigenvalue weighted by atomic mass is 10.2. The van der Waals surface area contributed by atoms with E-state index in [9.17, 15) is 14.9 Å². The normalized spacial score (nSPS) is 11.7. The van der Waals surface area contributed by atoms with E-state index in [2.05, 4.69) is 15.4 Å². The Bertz CT molecular complexity index is 1070. The molecule has 1 aromatic carbocycles. The van der Waals surface area contributed by atoms with Gasteiger partial charge < -0.3 is 10.1 Å². The first-order valence-corrected chi connectivity index (χ1v) is 9.03. The Morgan fingerprint density at radius 2 is 2.07 bits per heavy atom.